The van der Waals surface area contributed by atoms with Gasteiger partial charge >= 0.3 is 17.5 Å². The number of aromatic nitrogens is 2. The Hall–Kier alpha value is -4.45. The number of anilines is 1. The molecule has 0 aliphatic rings. The largest absolute Gasteiger partial charge is 0.480 e. The molecule has 6 N–H and O–H groups in total. The lowest BCUT2D eigenvalue weighted by Gasteiger charge is -2.16. The van der Waals surface area contributed by atoms with E-state index in [0.717, 1.165) is 17.8 Å². The summed E-state index contributed by atoms with van der Waals surface area (Å²) in [4.78, 5) is 53.0. The second-order valence-electron chi connectivity index (χ2n) is 6.30. The molecule has 14 nitrogen and oxygen atoms in total. The number of carbonyl (C=O) groups is 3. The number of ether oxygens (including phenoxy) is 1. The molecule has 1 aromatic heterocycles. The fourth-order valence-corrected chi connectivity index (χ4v) is 2.91. The number of aliphatic carboxylic acids is 1. The second kappa shape index (κ2) is 10.7. The molecule has 1 unspecified atom stereocenters. The van der Waals surface area contributed by atoms with Gasteiger partial charge in [0.1, 0.15) is 11.8 Å². The average molecular weight is 475 g/mol. The molecule has 0 aliphatic carbocycles. The molecule has 2 rings (SSSR count). The highest BCUT2D eigenvalue weighted by Gasteiger charge is 2.30. The van der Waals surface area contributed by atoms with Crippen molar-refractivity contribution >= 4 is 41.1 Å². The first-order valence-electron chi connectivity index (χ1n) is 8.97. The Labute approximate surface area is 190 Å². The maximum absolute atomic E-state index is 11.8. The maximum atomic E-state index is 11.8. The van der Waals surface area contributed by atoms with Gasteiger partial charge in [-0.25, -0.2) is 4.79 Å². The van der Waals surface area contributed by atoms with Crippen LogP contribution in [0, 0.1) is 21.4 Å². The minimum Gasteiger partial charge on any atom is -0.480 e. The van der Waals surface area contributed by atoms with Crippen molar-refractivity contribution in [3.63, 3.8) is 0 Å². The fourth-order valence-electron chi connectivity index (χ4n) is 2.55. The van der Waals surface area contributed by atoms with Gasteiger partial charge in [0.25, 0.3) is 0 Å². The number of primary amides is 2. The van der Waals surface area contributed by atoms with E-state index in [9.17, 15) is 29.6 Å². The Kier molecular flexibility index (Phi) is 8.07. The summed E-state index contributed by atoms with van der Waals surface area (Å²) in [6, 6.07) is 3.99. The number of hydrogen-bond acceptors (Lipinski definition) is 11. The fraction of sp³-hybridized carbons (Fsp3) is 0.222. The van der Waals surface area contributed by atoms with Gasteiger partial charge < -0.3 is 26.6 Å². The van der Waals surface area contributed by atoms with Crippen LogP contribution in [0.3, 0.4) is 0 Å². The molecule has 1 atom stereocenters. The van der Waals surface area contributed by atoms with Crippen LogP contribution < -0.4 is 21.5 Å². The highest BCUT2D eigenvalue weighted by atomic mass is 32.2. The Bertz CT molecular complexity index is 1170. The molecule has 2 amide bonds. The van der Waals surface area contributed by atoms with Crippen molar-refractivity contribution in [3.05, 3.63) is 39.4 Å². The zero-order valence-corrected chi connectivity index (χ0v) is 17.8. The van der Waals surface area contributed by atoms with Gasteiger partial charge in [0, 0.05) is 6.42 Å². The molecular formula is C18H17N7O7S. The summed E-state index contributed by atoms with van der Waals surface area (Å²) in [5, 5.41) is 32.7. The van der Waals surface area contributed by atoms with E-state index in [1.807, 2.05) is 0 Å². The summed E-state index contributed by atoms with van der Waals surface area (Å²) >= 11 is 0.992. The SMILES string of the molecule is CSc1nc(NC(CCC(N)=O)C(=O)O)c([N+](=O)[O-])c(Oc2ccc(C#N)c(C(N)=O)c2)n1. The van der Waals surface area contributed by atoms with Crippen LogP contribution in [0.1, 0.15) is 28.8 Å². The molecule has 172 valence electrons. The van der Waals surface area contributed by atoms with Crippen molar-refractivity contribution in [1.29, 1.82) is 5.26 Å². The third-order valence-electron chi connectivity index (χ3n) is 4.08. The predicted molar refractivity (Wildman–Crippen MR) is 114 cm³/mol. The maximum Gasteiger partial charge on any atom is 0.373 e. The molecule has 0 aliphatic heterocycles. The van der Waals surface area contributed by atoms with Crippen LogP contribution in [0.25, 0.3) is 0 Å². The van der Waals surface area contributed by atoms with E-state index in [2.05, 4.69) is 15.3 Å². The quantitative estimate of drug-likeness (QED) is 0.154. The second-order valence-corrected chi connectivity index (χ2v) is 7.07. The number of thioether (sulfide) groups is 1. The number of nitrogens with two attached hydrogens (primary N) is 2. The van der Waals surface area contributed by atoms with E-state index in [1.165, 1.54) is 12.1 Å². The van der Waals surface area contributed by atoms with Crippen LogP contribution >= 0.6 is 11.8 Å². The number of nitriles is 1. The van der Waals surface area contributed by atoms with Crippen LogP contribution in [0.4, 0.5) is 11.5 Å². The van der Waals surface area contributed by atoms with Gasteiger partial charge in [-0.15, -0.1) is 0 Å². The number of hydrogen-bond donors (Lipinski definition) is 4. The first kappa shape index (κ1) is 24.8. The van der Waals surface area contributed by atoms with Crippen molar-refractivity contribution in [2.45, 2.75) is 24.0 Å². The standard InChI is InChI=1S/C18H17N7O7S/c1-33-18-23-15(22-11(17(28)29)4-5-12(20)26)13(25(30)31)16(24-18)32-9-3-2-8(7-19)10(6-9)14(21)27/h2-3,6,11H,4-5H2,1H3,(H2,20,26)(H2,21,27)(H,28,29)(H,22,23,24). The Morgan fingerprint density at radius 2 is 2.06 bits per heavy atom. The summed E-state index contributed by atoms with van der Waals surface area (Å²) in [5.41, 5.74) is 9.31. The van der Waals surface area contributed by atoms with Gasteiger partial charge in [0.2, 0.25) is 17.6 Å². The predicted octanol–water partition coefficient (Wildman–Crippen LogP) is 1.00. The molecule has 0 bridgehead atoms. The normalized spacial score (nSPS) is 11.2. The number of carbonyl (C=O) groups excluding carboxylic acids is 2. The van der Waals surface area contributed by atoms with E-state index < -0.39 is 46.1 Å². The zero-order valence-electron chi connectivity index (χ0n) is 17.0. The van der Waals surface area contributed by atoms with Gasteiger partial charge in [0.05, 0.1) is 22.1 Å². The highest BCUT2D eigenvalue weighted by molar-refractivity contribution is 7.98. The molecule has 15 heteroatoms. The van der Waals surface area contributed by atoms with Crippen molar-refractivity contribution in [2.24, 2.45) is 11.5 Å². The summed E-state index contributed by atoms with van der Waals surface area (Å²) in [5.74, 6) is -4.17. The number of carboxylic acid groups (broad SMARTS) is 1. The minimum atomic E-state index is -1.43. The van der Waals surface area contributed by atoms with Gasteiger partial charge in [-0.2, -0.15) is 15.2 Å². The lowest BCUT2D eigenvalue weighted by atomic mass is 10.1. The van der Waals surface area contributed by atoms with Gasteiger partial charge in [-0.1, -0.05) is 11.8 Å². The highest BCUT2D eigenvalue weighted by Crippen LogP contribution is 2.37. The van der Waals surface area contributed by atoms with E-state index >= 15 is 0 Å². The number of amides is 2. The lowest BCUT2D eigenvalue weighted by molar-refractivity contribution is -0.385. The molecule has 0 saturated carbocycles. The van der Waals surface area contributed by atoms with Crippen LogP contribution in [-0.2, 0) is 9.59 Å². The molecule has 0 fully saturated rings. The molecule has 0 spiro atoms. The van der Waals surface area contributed by atoms with E-state index in [0.29, 0.717) is 0 Å². The Balaban J connectivity index is 2.55. The van der Waals surface area contributed by atoms with Crippen molar-refractivity contribution in [3.8, 4) is 17.7 Å². The molecule has 1 aromatic carbocycles. The van der Waals surface area contributed by atoms with Crippen LogP contribution in [0.2, 0.25) is 0 Å². The molecular weight excluding hydrogens is 458 g/mol. The average Bonchev–Trinajstić information content (AvgIpc) is 2.75. The van der Waals surface area contributed by atoms with Crippen LogP contribution in [-0.4, -0.2) is 50.1 Å². The zero-order chi connectivity index (χ0) is 24.7. The molecule has 0 saturated heterocycles. The summed E-state index contributed by atoms with van der Waals surface area (Å²) < 4.78 is 5.50. The molecule has 2 aromatic rings. The minimum absolute atomic E-state index is 0.000842. The number of nitrogens with zero attached hydrogens (tertiary/aromatic N) is 4. The van der Waals surface area contributed by atoms with Crippen LogP contribution in [0.5, 0.6) is 11.6 Å². The smallest absolute Gasteiger partial charge is 0.373 e. The number of carboxylic acids is 1. The van der Waals surface area contributed by atoms with Crippen molar-refractivity contribution in [1.82, 2.24) is 9.97 Å². The Morgan fingerprint density at radius 1 is 1.36 bits per heavy atom. The summed E-state index contributed by atoms with van der Waals surface area (Å²) in [7, 11) is 0. The number of nitro groups is 1. The first-order chi connectivity index (χ1) is 15.6. The lowest BCUT2D eigenvalue weighted by Crippen LogP contribution is -2.31. The van der Waals surface area contributed by atoms with E-state index in [1.54, 1.807) is 12.3 Å². The first-order valence-corrected chi connectivity index (χ1v) is 10.2. The number of benzene rings is 1. The third-order valence-corrected chi connectivity index (χ3v) is 4.62. The molecule has 1 heterocycles. The van der Waals surface area contributed by atoms with E-state index in [-0.39, 0.29) is 34.9 Å². The monoisotopic (exact) mass is 475 g/mol. The summed E-state index contributed by atoms with van der Waals surface area (Å²) in [6.07, 6.45) is 1.03. The molecule has 33 heavy (non-hydrogen) atoms. The Morgan fingerprint density at radius 3 is 2.58 bits per heavy atom. The van der Waals surface area contributed by atoms with Gasteiger partial charge in [-0.3, -0.25) is 19.7 Å². The number of rotatable bonds is 11. The van der Waals surface area contributed by atoms with Crippen molar-refractivity contribution < 1.29 is 29.2 Å². The van der Waals surface area contributed by atoms with Crippen LogP contribution in [0.15, 0.2) is 23.4 Å². The molecule has 0 radical (unpaired) electrons. The van der Waals surface area contributed by atoms with Gasteiger partial charge in [-0.05, 0) is 30.9 Å². The summed E-state index contributed by atoms with van der Waals surface area (Å²) in [6.45, 7) is 0. The van der Waals surface area contributed by atoms with Gasteiger partial charge in [0.15, 0.2) is 5.16 Å². The van der Waals surface area contributed by atoms with Crippen molar-refractivity contribution in [2.75, 3.05) is 11.6 Å². The number of nitrogens with one attached hydrogen (secondary N) is 1. The third kappa shape index (κ3) is 6.27. The van der Waals surface area contributed by atoms with E-state index in [4.69, 9.17) is 21.5 Å². The topological polar surface area (TPSA) is 237 Å².